The molecule has 2 aromatic rings. The fourth-order valence-electron chi connectivity index (χ4n) is 2.38. The average molecular weight is 258 g/mol. The molecule has 0 atom stereocenters. The number of nitrogens with one attached hydrogen (secondary N) is 1. The molecule has 0 radical (unpaired) electrons. The maximum atomic E-state index is 4.57. The molecule has 102 valence electrons. The highest BCUT2D eigenvalue weighted by molar-refractivity contribution is 5.65. The third-order valence-electron chi connectivity index (χ3n) is 3.24. The van der Waals surface area contributed by atoms with Crippen LogP contribution in [-0.2, 0) is 20.0 Å². The Morgan fingerprint density at radius 1 is 1.32 bits per heavy atom. The van der Waals surface area contributed by atoms with Crippen molar-refractivity contribution in [3.05, 3.63) is 35.4 Å². The lowest BCUT2D eigenvalue weighted by molar-refractivity contribution is 0.630. The number of hydrogen-bond acceptors (Lipinski definition) is 3. The highest BCUT2D eigenvalue weighted by atomic mass is 15.2. The summed E-state index contributed by atoms with van der Waals surface area (Å²) in [6.45, 7) is 7.99. The van der Waals surface area contributed by atoms with Gasteiger partial charge in [-0.1, -0.05) is 13.8 Å². The molecule has 1 N–H and O–H groups in total. The van der Waals surface area contributed by atoms with Crippen molar-refractivity contribution in [2.75, 3.05) is 6.54 Å². The van der Waals surface area contributed by atoms with Crippen LogP contribution in [0.2, 0.25) is 0 Å². The first-order valence-corrected chi connectivity index (χ1v) is 6.93. The summed E-state index contributed by atoms with van der Waals surface area (Å²) in [5, 5.41) is 7.75. The van der Waals surface area contributed by atoms with Gasteiger partial charge in [0.1, 0.15) is 0 Å². The minimum Gasteiger partial charge on any atom is -0.312 e. The molecule has 3 heterocycles. The molecular weight excluding hydrogens is 236 g/mol. The fraction of sp³-hybridized carbons (Fsp3) is 0.467. The SMILES string of the molecule is CC.Cc1nn(C)cc1-c1cnc2c(c1)CNCC2. The third kappa shape index (κ3) is 2.84. The lowest BCUT2D eigenvalue weighted by atomic mass is 10.0. The van der Waals surface area contributed by atoms with Crippen molar-refractivity contribution in [2.45, 2.75) is 33.7 Å². The maximum Gasteiger partial charge on any atom is 0.0672 e. The van der Waals surface area contributed by atoms with E-state index in [9.17, 15) is 0 Å². The minimum atomic E-state index is 0.926. The molecule has 4 nitrogen and oxygen atoms in total. The third-order valence-corrected chi connectivity index (χ3v) is 3.24. The molecule has 0 aromatic carbocycles. The van der Waals surface area contributed by atoms with E-state index >= 15 is 0 Å². The van der Waals surface area contributed by atoms with Crippen LogP contribution < -0.4 is 5.32 Å². The highest BCUT2D eigenvalue weighted by Gasteiger charge is 2.13. The van der Waals surface area contributed by atoms with Crippen molar-refractivity contribution < 1.29 is 0 Å². The zero-order valence-electron chi connectivity index (χ0n) is 12.2. The number of hydrogen-bond donors (Lipinski definition) is 1. The number of nitrogens with zero attached hydrogens (tertiary/aromatic N) is 3. The van der Waals surface area contributed by atoms with Gasteiger partial charge >= 0.3 is 0 Å². The minimum absolute atomic E-state index is 0.926. The van der Waals surface area contributed by atoms with Gasteiger partial charge in [-0.2, -0.15) is 5.10 Å². The summed E-state index contributed by atoms with van der Waals surface area (Å²) in [7, 11) is 1.95. The van der Waals surface area contributed by atoms with Gasteiger partial charge < -0.3 is 5.32 Å². The first-order valence-electron chi connectivity index (χ1n) is 6.93. The van der Waals surface area contributed by atoms with Crippen LogP contribution in [-0.4, -0.2) is 21.3 Å². The van der Waals surface area contributed by atoms with E-state index in [1.165, 1.54) is 16.8 Å². The van der Waals surface area contributed by atoms with Gasteiger partial charge in [0.2, 0.25) is 0 Å². The number of aromatic nitrogens is 3. The molecule has 4 heteroatoms. The Labute approximate surface area is 114 Å². The van der Waals surface area contributed by atoms with Gasteiger partial charge in [0.15, 0.2) is 0 Å². The molecule has 1 aliphatic heterocycles. The predicted octanol–water partition coefficient (Wildman–Crippen LogP) is 2.46. The van der Waals surface area contributed by atoms with Crippen LogP contribution in [0.3, 0.4) is 0 Å². The van der Waals surface area contributed by atoms with E-state index in [0.717, 1.165) is 30.8 Å². The van der Waals surface area contributed by atoms with Gasteiger partial charge in [-0.3, -0.25) is 9.67 Å². The van der Waals surface area contributed by atoms with E-state index < -0.39 is 0 Å². The van der Waals surface area contributed by atoms with Crippen molar-refractivity contribution in [3.8, 4) is 11.1 Å². The summed E-state index contributed by atoms with van der Waals surface area (Å²) < 4.78 is 1.85. The van der Waals surface area contributed by atoms with Crippen LogP contribution in [0, 0.1) is 6.92 Å². The molecule has 0 spiro atoms. The van der Waals surface area contributed by atoms with Crippen molar-refractivity contribution in [2.24, 2.45) is 7.05 Å². The van der Waals surface area contributed by atoms with Crippen LogP contribution in [0.1, 0.15) is 30.8 Å². The van der Waals surface area contributed by atoms with E-state index in [-0.39, 0.29) is 0 Å². The summed E-state index contributed by atoms with van der Waals surface area (Å²) in [5.74, 6) is 0. The molecule has 0 saturated heterocycles. The number of aryl methyl sites for hydroxylation is 2. The lowest BCUT2D eigenvalue weighted by Crippen LogP contribution is -2.24. The predicted molar refractivity (Wildman–Crippen MR) is 77.9 cm³/mol. The molecule has 0 bridgehead atoms. The van der Waals surface area contributed by atoms with Gasteiger partial charge in [0.25, 0.3) is 0 Å². The molecule has 1 aliphatic rings. The monoisotopic (exact) mass is 258 g/mol. The van der Waals surface area contributed by atoms with E-state index in [1.54, 1.807) is 0 Å². The normalized spacial score (nSPS) is 13.5. The molecule has 2 aromatic heterocycles. The quantitative estimate of drug-likeness (QED) is 0.854. The van der Waals surface area contributed by atoms with Crippen LogP contribution in [0.15, 0.2) is 18.5 Å². The van der Waals surface area contributed by atoms with Gasteiger partial charge in [-0.25, -0.2) is 0 Å². The largest absolute Gasteiger partial charge is 0.312 e. The van der Waals surface area contributed by atoms with Crippen molar-refractivity contribution in [3.63, 3.8) is 0 Å². The standard InChI is InChI=1S/C13H16N4.C2H6/c1-9-12(8-17(2)16-9)10-5-11-6-14-4-3-13(11)15-7-10;1-2/h5,7-8,14H,3-4,6H2,1-2H3;1-2H3. The van der Waals surface area contributed by atoms with Gasteiger partial charge in [0, 0.05) is 55.8 Å². The topological polar surface area (TPSA) is 42.7 Å². The molecule has 19 heavy (non-hydrogen) atoms. The molecule has 0 fully saturated rings. The summed E-state index contributed by atoms with van der Waals surface area (Å²) in [4.78, 5) is 4.57. The number of rotatable bonds is 1. The van der Waals surface area contributed by atoms with Crippen LogP contribution in [0.4, 0.5) is 0 Å². The van der Waals surface area contributed by atoms with Crippen molar-refractivity contribution in [1.82, 2.24) is 20.1 Å². The van der Waals surface area contributed by atoms with Crippen LogP contribution in [0.25, 0.3) is 11.1 Å². The second-order valence-electron chi connectivity index (χ2n) is 4.56. The smallest absolute Gasteiger partial charge is 0.0672 e. The highest BCUT2D eigenvalue weighted by Crippen LogP contribution is 2.24. The fourth-order valence-corrected chi connectivity index (χ4v) is 2.38. The zero-order valence-corrected chi connectivity index (χ0v) is 12.2. The molecule has 0 unspecified atom stereocenters. The summed E-state index contributed by atoms with van der Waals surface area (Å²) in [5.41, 5.74) is 5.94. The lowest BCUT2D eigenvalue weighted by Gasteiger charge is -2.16. The zero-order chi connectivity index (χ0) is 13.8. The molecule has 0 amide bonds. The second kappa shape index (κ2) is 5.97. The Morgan fingerprint density at radius 2 is 2.11 bits per heavy atom. The van der Waals surface area contributed by atoms with Crippen LogP contribution >= 0.6 is 0 Å². The Hall–Kier alpha value is -1.68. The molecule has 0 aliphatic carbocycles. The summed E-state index contributed by atoms with van der Waals surface area (Å²) in [6.07, 6.45) is 5.05. The average Bonchev–Trinajstić information content (AvgIpc) is 2.79. The number of pyridine rings is 1. The van der Waals surface area contributed by atoms with E-state index in [1.807, 2.05) is 38.7 Å². The Bertz CT molecular complexity index is 557. The first kappa shape index (κ1) is 13.7. The van der Waals surface area contributed by atoms with Gasteiger partial charge in [0.05, 0.1) is 5.69 Å². The van der Waals surface area contributed by atoms with Gasteiger partial charge in [-0.05, 0) is 18.6 Å². The van der Waals surface area contributed by atoms with Crippen molar-refractivity contribution >= 4 is 0 Å². The van der Waals surface area contributed by atoms with Crippen molar-refractivity contribution in [1.29, 1.82) is 0 Å². The van der Waals surface area contributed by atoms with E-state index in [2.05, 4.69) is 27.7 Å². The van der Waals surface area contributed by atoms with Crippen LogP contribution in [0.5, 0.6) is 0 Å². The summed E-state index contributed by atoms with van der Waals surface area (Å²) in [6, 6.07) is 2.23. The molecule has 0 saturated carbocycles. The summed E-state index contributed by atoms with van der Waals surface area (Å²) >= 11 is 0. The Morgan fingerprint density at radius 3 is 2.79 bits per heavy atom. The Balaban J connectivity index is 0.000000637. The Kier molecular flexibility index (Phi) is 4.32. The first-order chi connectivity index (χ1) is 9.24. The number of fused-ring (bicyclic) bond motifs is 1. The molecule has 3 rings (SSSR count). The second-order valence-corrected chi connectivity index (χ2v) is 4.56. The van der Waals surface area contributed by atoms with E-state index in [4.69, 9.17) is 0 Å². The molecular formula is C15H22N4. The maximum absolute atomic E-state index is 4.57. The van der Waals surface area contributed by atoms with Gasteiger partial charge in [-0.15, -0.1) is 0 Å². The van der Waals surface area contributed by atoms with E-state index in [0.29, 0.717) is 0 Å².